The predicted octanol–water partition coefficient (Wildman–Crippen LogP) is 4.71. The fourth-order valence-corrected chi connectivity index (χ4v) is 4.00. The van der Waals surface area contributed by atoms with Crippen LogP contribution in [0.2, 0.25) is 0 Å². The summed E-state index contributed by atoms with van der Waals surface area (Å²) in [7, 11) is 4.19. The molecule has 21 heavy (non-hydrogen) atoms. The second-order valence-corrected chi connectivity index (χ2v) is 6.90. The summed E-state index contributed by atoms with van der Waals surface area (Å²) in [5.41, 5.74) is 5.22. The Labute approximate surface area is 131 Å². The standard InChI is InChI=1S/C18H22N2S/c1-13-8-9-14(12-17(13)20(2)3)19-16-10-11-21-18-7-5-4-6-15(16)18/h4-9,12,16,19H,10-11H2,1-3H3. The highest BCUT2D eigenvalue weighted by Gasteiger charge is 2.20. The third-order valence-electron chi connectivity index (χ3n) is 3.99. The largest absolute Gasteiger partial charge is 0.378 e. The van der Waals surface area contributed by atoms with Crippen LogP contribution >= 0.6 is 11.8 Å². The Balaban J connectivity index is 1.86. The molecule has 3 rings (SSSR count). The number of anilines is 2. The first-order valence-electron chi connectivity index (χ1n) is 7.41. The van der Waals surface area contributed by atoms with Crippen molar-refractivity contribution in [2.24, 2.45) is 0 Å². The lowest BCUT2D eigenvalue weighted by Gasteiger charge is -2.27. The number of thioether (sulfide) groups is 1. The maximum Gasteiger partial charge on any atom is 0.0532 e. The highest BCUT2D eigenvalue weighted by Crippen LogP contribution is 2.38. The van der Waals surface area contributed by atoms with Gasteiger partial charge in [-0.15, -0.1) is 11.8 Å². The number of fused-ring (bicyclic) bond motifs is 1. The summed E-state index contributed by atoms with van der Waals surface area (Å²) in [5.74, 6) is 1.18. The van der Waals surface area contributed by atoms with Gasteiger partial charge >= 0.3 is 0 Å². The minimum absolute atomic E-state index is 0.417. The summed E-state index contributed by atoms with van der Waals surface area (Å²) < 4.78 is 0. The Morgan fingerprint density at radius 2 is 1.95 bits per heavy atom. The van der Waals surface area contributed by atoms with E-state index in [0.717, 1.165) is 0 Å². The Hall–Kier alpha value is -1.61. The molecule has 0 spiro atoms. The summed E-state index contributed by atoms with van der Waals surface area (Å²) in [6.07, 6.45) is 1.17. The number of benzene rings is 2. The third-order valence-corrected chi connectivity index (χ3v) is 5.11. The molecule has 0 amide bonds. The molecule has 2 nitrogen and oxygen atoms in total. The number of nitrogens with one attached hydrogen (secondary N) is 1. The maximum atomic E-state index is 3.72. The smallest absolute Gasteiger partial charge is 0.0532 e. The van der Waals surface area contributed by atoms with E-state index in [1.165, 1.54) is 39.6 Å². The average molecular weight is 298 g/mol. The van der Waals surface area contributed by atoms with E-state index >= 15 is 0 Å². The van der Waals surface area contributed by atoms with E-state index in [4.69, 9.17) is 0 Å². The highest BCUT2D eigenvalue weighted by molar-refractivity contribution is 7.99. The second kappa shape index (κ2) is 6.02. The first-order valence-corrected chi connectivity index (χ1v) is 8.40. The summed E-state index contributed by atoms with van der Waals surface area (Å²) in [5, 5.41) is 3.72. The molecule has 0 aromatic heterocycles. The zero-order chi connectivity index (χ0) is 14.8. The van der Waals surface area contributed by atoms with Gasteiger partial charge in [0.2, 0.25) is 0 Å². The SMILES string of the molecule is Cc1ccc(NC2CCSc3ccccc32)cc1N(C)C. The third kappa shape index (κ3) is 3.03. The number of rotatable bonds is 3. The molecule has 1 aliphatic rings. The van der Waals surface area contributed by atoms with Crippen molar-refractivity contribution in [3.05, 3.63) is 53.6 Å². The van der Waals surface area contributed by atoms with Gasteiger partial charge in [-0.3, -0.25) is 0 Å². The van der Waals surface area contributed by atoms with Crippen LogP contribution < -0.4 is 10.2 Å². The average Bonchev–Trinajstić information content (AvgIpc) is 2.49. The van der Waals surface area contributed by atoms with E-state index in [2.05, 4.69) is 73.7 Å². The lowest BCUT2D eigenvalue weighted by molar-refractivity contribution is 0.728. The molecule has 0 fully saturated rings. The van der Waals surface area contributed by atoms with Crippen LogP contribution in [0.4, 0.5) is 11.4 Å². The van der Waals surface area contributed by atoms with Gasteiger partial charge in [0.15, 0.2) is 0 Å². The van der Waals surface area contributed by atoms with E-state index in [1.54, 1.807) is 0 Å². The minimum atomic E-state index is 0.417. The van der Waals surface area contributed by atoms with Gasteiger partial charge in [0.25, 0.3) is 0 Å². The monoisotopic (exact) mass is 298 g/mol. The van der Waals surface area contributed by atoms with Gasteiger partial charge in [-0.25, -0.2) is 0 Å². The highest BCUT2D eigenvalue weighted by atomic mass is 32.2. The van der Waals surface area contributed by atoms with E-state index in [-0.39, 0.29) is 0 Å². The lowest BCUT2D eigenvalue weighted by atomic mass is 10.0. The van der Waals surface area contributed by atoms with Crippen molar-refractivity contribution in [3.63, 3.8) is 0 Å². The quantitative estimate of drug-likeness (QED) is 0.883. The molecule has 2 aromatic carbocycles. The molecule has 1 heterocycles. The van der Waals surface area contributed by atoms with Crippen LogP contribution in [0.3, 0.4) is 0 Å². The van der Waals surface area contributed by atoms with Crippen molar-refractivity contribution >= 4 is 23.1 Å². The Kier molecular flexibility index (Phi) is 4.11. The van der Waals surface area contributed by atoms with E-state index < -0.39 is 0 Å². The second-order valence-electron chi connectivity index (χ2n) is 5.77. The molecule has 110 valence electrons. The van der Waals surface area contributed by atoms with Crippen molar-refractivity contribution < 1.29 is 0 Å². The molecule has 0 aliphatic carbocycles. The molecular weight excluding hydrogens is 276 g/mol. The summed E-state index contributed by atoms with van der Waals surface area (Å²) in [6.45, 7) is 2.16. The van der Waals surface area contributed by atoms with Gasteiger partial charge < -0.3 is 10.2 Å². The van der Waals surface area contributed by atoms with Gasteiger partial charge in [0.1, 0.15) is 0 Å². The Morgan fingerprint density at radius 3 is 2.76 bits per heavy atom. The van der Waals surface area contributed by atoms with E-state index in [0.29, 0.717) is 6.04 Å². The van der Waals surface area contributed by atoms with Crippen molar-refractivity contribution in [2.45, 2.75) is 24.3 Å². The van der Waals surface area contributed by atoms with Crippen LogP contribution in [0.25, 0.3) is 0 Å². The van der Waals surface area contributed by atoms with E-state index in [9.17, 15) is 0 Å². The molecule has 0 bridgehead atoms. The van der Waals surface area contributed by atoms with Gasteiger partial charge in [0, 0.05) is 36.1 Å². The zero-order valence-electron chi connectivity index (χ0n) is 12.9. The van der Waals surface area contributed by atoms with Gasteiger partial charge in [-0.1, -0.05) is 24.3 Å². The molecular formula is C18H22N2S. The topological polar surface area (TPSA) is 15.3 Å². The van der Waals surface area contributed by atoms with Gasteiger partial charge in [0.05, 0.1) is 6.04 Å². The van der Waals surface area contributed by atoms with Crippen molar-refractivity contribution in [1.82, 2.24) is 0 Å². The minimum Gasteiger partial charge on any atom is -0.378 e. The molecule has 1 atom stereocenters. The summed E-state index contributed by atoms with van der Waals surface area (Å²) in [6, 6.07) is 15.8. The number of hydrogen-bond acceptors (Lipinski definition) is 3. The van der Waals surface area contributed by atoms with Crippen molar-refractivity contribution in [1.29, 1.82) is 0 Å². The molecule has 0 saturated carbocycles. The maximum absolute atomic E-state index is 3.72. The van der Waals surface area contributed by atoms with Crippen molar-refractivity contribution in [3.8, 4) is 0 Å². The van der Waals surface area contributed by atoms with E-state index in [1.807, 2.05) is 11.8 Å². The van der Waals surface area contributed by atoms with Gasteiger partial charge in [-0.05, 0) is 42.7 Å². The first kappa shape index (κ1) is 14.3. The van der Waals surface area contributed by atoms with Crippen LogP contribution in [0.15, 0.2) is 47.4 Å². The Morgan fingerprint density at radius 1 is 1.14 bits per heavy atom. The zero-order valence-corrected chi connectivity index (χ0v) is 13.7. The molecule has 1 N–H and O–H groups in total. The number of nitrogens with zero attached hydrogens (tertiary/aromatic N) is 1. The first-order chi connectivity index (χ1) is 10.1. The van der Waals surface area contributed by atoms with Crippen LogP contribution in [0, 0.1) is 6.92 Å². The molecule has 0 saturated heterocycles. The molecule has 3 heteroatoms. The summed E-state index contributed by atoms with van der Waals surface area (Å²) in [4.78, 5) is 3.59. The predicted molar refractivity (Wildman–Crippen MR) is 93.7 cm³/mol. The number of aryl methyl sites for hydroxylation is 1. The van der Waals surface area contributed by atoms with Gasteiger partial charge in [-0.2, -0.15) is 0 Å². The van der Waals surface area contributed by atoms with Crippen LogP contribution in [0.5, 0.6) is 0 Å². The molecule has 1 unspecified atom stereocenters. The Bertz CT molecular complexity index is 637. The summed E-state index contributed by atoms with van der Waals surface area (Å²) >= 11 is 1.97. The van der Waals surface area contributed by atoms with Crippen molar-refractivity contribution in [2.75, 3.05) is 30.1 Å². The van der Waals surface area contributed by atoms with Crippen LogP contribution in [0.1, 0.15) is 23.6 Å². The fourth-order valence-electron chi connectivity index (χ4n) is 2.87. The van der Waals surface area contributed by atoms with Crippen LogP contribution in [-0.2, 0) is 0 Å². The fraction of sp³-hybridized carbons (Fsp3) is 0.333. The molecule has 0 radical (unpaired) electrons. The molecule has 2 aromatic rings. The van der Waals surface area contributed by atoms with Crippen LogP contribution in [-0.4, -0.2) is 19.8 Å². The molecule has 1 aliphatic heterocycles. The number of hydrogen-bond donors (Lipinski definition) is 1. The normalized spacial score (nSPS) is 17.2. The lowest BCUT2D eigenvalue weighted by Crippen LogP contribution is -2.17.